The molecule has 1 unspecified atom stereocenters. The van der Waals surface area contributed by atoms with Crippen LogP contribution in [0.25, 0.3) is 10.1 Å². The first-order valence-corrected chi connectivity index (χ1v) is 12.0. The van der Waals surface area contributed by atoms with Crippen LogP contribution in [-0.2, 0) is 0 Å². The Hall–Kier alpha value is -3.28. The van der Waals surface area contributed by atoms with E-state index in [0.29, 0.717) is 16.0 Å². The Labute approximate surface area is 217 Å². The van der Waals surface area contributed by atoms with Crippen LogP contribution in [-0.4, -0.2) is 5.97 Å². The number of rotatable bonds is 3. The molecule has 2 heterocycles. The molecule has 1 atom stereocenters. The Morgan fingerprint density at radius 3 is 2.57 bits per heavy atom. The van der Waals surface area contributed by atoms with Crippen LogP contribution in [0.1, 0.15) is 26.7 Å². The highest BCUT2D eigenvalue weighted by molar-refractivity contribution is 7.21. The van der Waals surface area contributed by atoms with Crippen LogP contribution in [0.5, 0.6) is 11.5 Å². The number of hydrogen-bond acceptors (Lipinski definition) is 6. The van der Waals surface area contributed by atoms with E-state index in [9.17, 15) is 14.4 Å². The van der Waals surface area contributed by atoms with Gasteiger partial charge in [-0.3, -0.25) is 0 Å². The van der Waals surface area contributed by atoms with Crippen molar-refractivity contribution < 1.29 is 18.7 Å². The van der Waals surface area contributed by atoms with Crippen LogP contribution in [0.4, 0.5) is 4.39 Å². The Bertz CT molecular complexity index is 1590. The number of benzene rings is 3. The lowest BCUT2D eigenvalue weighted by Crippen LogP contribution is -2.22. The van der Waals surface area contributed by atoms with Crippen LogP contribution in [0, 0.1) is 17.1 Å². The minimum absolute atomic E-state index is 0.0168. The van der Waals surface area contributed by atoms with Crippen LogP contribution in [0.2, 0.25) is 15.1 Å². The largest absolute Gasteiger partial charge is 0.440 e. The van der Waals surface area contributed by atoms with Crippen molar-refractivity contribution in [1.29, 1.82) is 5.26 Å². The molecule has 2 N–H and O–H groups in total. The van der Waals surface area contributed by atoms with Gasteiger partial charge >= 0.3 is 5.97 Å². The quantitative estimate of drug-likeness (QED) is 0.214. The van der Waals surface area contributed by atoms with Gasteiger partial charge in [0.15, 0.2) is 0 Å². The van der Waals surface area contributed by atoms with Gasteiger partial charge in [0.1, 0.15) is 33.8 Å². The first kappa shape index (κ1) is 23.5. The lowest BCUT2D eigenvalue weighted by atomic mass is 9.83. The average Bonchev–Trinajstić information content (AvgIpc) is 3.16. The summed E-state index contributed by atoms with van der Waals surface area (Å²) in [5, 5.41) is 11.0. The second-order valence-corrected chi connectivity index (χ2v) is 9.75. The zero-order chi connectivity index (χ0) is 24.9. The van der Waals surface area contributed by atoms with Gasteiger partial charge in [-0.2, -0.15) is 5.26 Å². The normalized spacial score (nSPS) is 14.9. The summed E-state index contributed by atoms with van der Waals surface area (Å²) < 4.78 is 26.7. The van der Waals surface area contributed by atoms with E-state index in [-0.39, 0.29) is 43.4 Å². The van der Waals surface area contributed by atoms with Crippen molar-refractivity contribution in [1.82, 2.24) is 0 Å². The molecule has 0 saturated heterocycles. The smallest absolute Gasteiger partial charge is 0.355 e. The molecule has 174 valence electrons. The van der Waals surface area contributed by atoms with Crippen molar-refractivity contribution >= 4 is 62.2 Å². The fraction of sp³-hybridized carbons (Fsp3) is 0.0400. The molecule has 3 aromatic carbocycles. The monoisotopic (exact) mass is 544 g/mol. The molecule has 0 amide bonds. The molecule has 4 aromatic rings. The molecule has 0 aliphatic carbocycles. The van der Waals surface area contributed by atoms with E-state index in [4.69, 9.17) is 50.0 Å². The molecule has 0 radical (unpaired) electrons. The topological polar surface area (TPSA) is 85.3 Å². The number of allylic oxidation sites excluding steroid dienone is 1. The maximum atomic E-state index is 14.8. The molecule has 0 fully saturated rings. The number of fused-ring (bicyclic) bond motifs is 2. The van der Waals surface area contributed by atoms with E-state index in [1.54, 1.807) is 24.3 Å². The van der Waals surface area contributed by atoms with Gasteiger partial charge in [0, 0.05) is 32.3 Å². The van der Waals surface area contributed by atoms with Crippen molar-refractivity contribution in [3.63, 3.8) is 0 Å². The highest BCUT2D eigenvalue weighted by atomic mass is 35.5. The number of nitrogens with zero attached hydrogens (tertiary/aromatic N) is 1. The number of carbonyl (C=O) groups is 1. The van der Waals surface area contributed by atoms with E-state index < -0.39 is 17.7 Å². The van der Waals surface area contributed by atoms with E-state index >= 15 is 0 Å². The zero-order valence-electron chi connectivity index (χ0n) is 17.4. The lowest BCUT2D eigenvalue weighted by Gasteiger charge is -2.27. The molecule has 35 heavy (non-hydrogen) atoms. The molecule has 1 aliphatic rings. The Balaban J connectivity index is 1.53. The number of thiophene rings is 1. The van der Waals surface area contributed by atoms with Gasteiger partial charge in [-0.1, -0.05) is 53.0 Å². The van der Waals surface area contributed by atoms with Gasteiger partial charge in [-0.05, 0) is 30.3 Å². The van der Waals surface area contributed by atoms with Crippen molar-refractivity contribution in [3.8, 4) is 17.6 Å². The lowest BCUT2D eigenvalue weighted by molar-refractivity contribution is 0.0740. The van der Waals surface area contributed by atoms with Crippen LogP contribution in [0.15, 0.2) is 66.1 Å². The van der Waals surface area contributed by atoms with E-state index in [2.05, 4.69) is 0 Å². The number of carbonyl (C=O) groups excluding carboxylic acids is 1. The summed E-state index contributed by atoms with van der Waals surface area (Å²) in [5.74, 6) is -2.04. The molecule has 10 heteroatoms. The van der Waals surface area contributed by atoms with Gasteiger partial charge in [0.2, 0.25) is 5.88 Å². The predicted molar refractivity (Wildman–Crippen MR) is 134 cm³/mol. The predicted octanol–water partition coefficient (Wildman–Crippen LogP) is 7.44. The van der Waals surface area contributed by atoms with Crippen molar-refractivity contribution in [2.45, 2.75) is 5.92 Å². The molecule has 0 bridgehead atoms. The van der Waals surface area contributed by atoms with Crippen LogP contribution < -0.4 is 15.2 Å². The van der Waals surface area contributed by atoms with E-state index in [1.165, 1.54) is 30.3 Å². The number of nitriles is 1. The summed E-state index contributed by atoms with van der Waals surface area (Å²) >= 11 is 20.1. The first-order valence-electron chi connectivity index (χ1n) is 10.0. The summed E-state index contributed by atoms with van der Waals surface area (Å²) in [6.07, 6.45) is 0. The van der Waals surface area contributed by atoms with Gasteiger partial charge in [-0.15, -0.1) is 11.3 Å². The third-order valence-electron chi connectivity index (χ3n) is 5.48. The standard InChI is InChI=1S/C25H12Cl3FN2O3S/c26-14-3-1-5-16(29)20(14)19-12-8-7-11(9-17(12)34-24(31)13(19)10-30)33-25(32)23-22(28)21-15(27)4-2-6-18(21)35-23/h1-9,19H,31H2. The van der Waals surface area contributed by atoms with Crippen molar-refractivity contribution in [2.75, 3.05) is 0 Å². The molecular formula is C25H12Cl3FN2O3S. The number of esters is 1. The Kier molecular flexibility index (Phi) is 6.07. The summed E-state index contributed by atoms with van der Waals surface area (Å²) in [6.45, 7) is 0. The van der Waals surface area contributed by atoms with Crippen LogP contribution in [0.3, 0.4) is 0 Å². The number of hydrogen-bond donors (Lipinski definition) is 1. The fourth-order valence-corrected chi connectivity index (χ4v) is 6.03. The van der Waals surface area contributed by atoms with Crippen molar-refractivity contribution in [2.24, 2.45) is 5.73 Å². The Morgan fingerprint density at radius 2 is 1.86 bits per heavy atom. The van der Waals surface area contributed by atoms with Crippen LogP contribution >= 0.6 is 46.1 Å². The molecule has 5 rings (SSSR count). The van der Waals surface area contributed by atoms with Gasteiger partial charge in [-0.25, -0.2) is 9.18 Å². The fourth-order valence-electron chi connectivity index (χ4n) is 3.94. The minimum atomic E-state index is -0.901. The third-order valence-corrected chi connectivity index (χ3v) is 7.75. The SMILES string of the molecule is N#CC1=C(N)Oc2cc(OC(=O)c3sc4cccc(Cl)c4c3Cl)ccc2C1c1c(F)cccc1Cl. The number of halogens is 4. The van der Waals surface area contributed by atoms with Gasteiger partial charge in [0.25, 0.3) is 0 Å². The summed E-state index contributed by atoms with van der Waals surface area (Å²) in [4.78, 5) is 13.1. The molecular weight excluding hydrogens is 534 g/mol. The third kappa shape index (κ3) is 3.99. The summed E-state index contributed by atoms with van der Waals surface area (Å²) in [7, 11) is 0. The molecule has 0 saturated carbocycles. The summed E-state index contributed by atoms with van der Waals surface area (Å²) in [6, 6.07) is 16.0. The molecule has 0 spiro atoms. The zero-order valence-corrected chi connectivity index (χ0v) is 20.5. The minimum Gasteiger partial charge on any atom is -0.440 e. The Morgan fingerprint density at radius 1 is 1.11 bits per heavy atom. The molecule has 1 aliphatic heterocycles. The summed E-state index contributed by atoms with van der Waals surface area (Å²) in [5.41, 5.74) is 6.54. The second-order valence-electron chi connectivity index (χ2n) is 7.51. The second kappa shape index (κ2) is 9.06. The number of nitrogens with two attached hydrogens (primary N) is 1. The van der Waals surface area contributed by atoms with Gasteiger partial charge in [0.05, 0.1) is 16.0 Å². The highest BCUT2D eigenvalue weighted by Gasteiger charge is 2.34. The first-order chi connectivity index (χ1) is 16.8. The van der Waals surface area contributed by atoms with E-state index in [0.717, 1.165) is 16.0 Å². The number of ether oxygens (including phenoxy) is 2. The highest BCUT2D eigenvalue weighted by Crippen LogP contribution is 2.46. The molecule has 1 aromatic heterocycles. The maximum Gasteiger partial charge on any atom is 0.355 e. The van der Waals surface area contributed by atoms with Crippen molar-refractivity contribution in [3.05, 3.63) is 103 Å². The van der Waals surface area contributed by atoms with E-state index in [1.807, 2.05) is 6.07 Å². The van der Waals surface area contributed by atoms with Gasteiger partial charge < -0.3 is 15.2 Å². The molecule has 5 nitrogen and oxygen atoms in total. The maximum absolute atomic E-state index is 14.8. The average molecular weight is 546 g/mol.